The van der Waals surface area contributed by atoms with Crippen LogP contribution in [0, 0.1) is 0 Å². The van der Waals surface area contributed by atoms with Crippen LogP contribution in [0.2, 0.25) is 0 Å². The van der Waals surface area contributed by atoms with Crippen LogP contribution >= 0.6 is 32.9 Å². The molecule has 2 N–H and O–H groups in total. The number of carbonyl (C=O) groups is 3. The first-order valence-electron chi connectivity index (χ1n) is 10.4. The molecular weight excluding hydrogens is 510 g/mol. The number of hydrogen-bond acceptors (Lipinski definition) is 9. The van der Waals surface area contributed by atoms with E-state index in [0.29, 0.717) is 5.75 Å². The van der Waals surface area contributed by atoms with Gasteiger partial charge in [-0.3, -0.25) is 14.5 Å². The number of allylic oxidation sites excluding steroid dienone is 1. The van der Waals surface area contributed by atoms with Crippen LogP contribution in [0.4, 0.5) is 0 Å². The van der Waals surface area contributed by atoms with Gasteiger partial charge in [0.1, 0.15) is 22.9 Å². The zero-order valence-corrected chi connectivity index (χ0v) is 21.1. The van der Waals surface area contributed by atoms with E-state index >= 15 is 0 Å². The summed E-state index contributed by atoms with van der Waals surface area (Å²) in [5.41, 5.74) is 0.581. The van der Waals surface area contributed by atoms with E-state index in [-0.39, 0.29) is 18.1 Å². The summed E-state index contributed by atoms with van der Waals surface area (Å²) in [6.45, 7) is 1.19. The Hall–Kier alpha value is -3.22. The van der Waals surface area contributed by atoms with Gasteiger partial charge in [0.25, 0.3) is 11.8 Å². The molecule has 35 heavy (non-hydrogen) atoms. The summed E-state index contributed by atoms with van der Waals surface area (Å²) in [5.74, 6) is -1.74. The van der Waals surface area contributed by atoms with Crippen molar-refractivity contribution in [2.24, 2.45) is 0 Å². The van der Waals surface area contributed by atoms with Gasteiger partial charge in [-0.05, 0) is 42.0 Å². The van der Waals surface area contributed by atoms with Crippen molar-refractivity contribution in [1.82, 2.24) is 15.2 Å². The van der Waals surface area contributed by atoms with Crippen molar-refractivity contribution >= 4 is 60.9 Å². The predicted molar refractivity (Wildman–Crippen MR) is 135 cm³/mol. The molecule has 0 saturated carbocycles. The summed E-state index contributed by atoms with van der Waals surface area (Å²) >= 11 is 1.49. The second-order valence-corrected chi connectivity index (χ2v) is 10.9. The van der Waals surface area contributed by atoms with E-state index in [1.165, 1.54) is 47.0 Å². The molecular formula is C23H21N3O6S3. The van der Waals surface area contributed by atoms with E-state index in [4.69, 9.17) is 9.47 Å². The van der Waals surface area contributed by atoms with Gasteiger partial charge in [0.15, 0.2) is 16.6 Å². The van der Waals surface area contributed by atoms with Gasteiger partial charge in [0.05, 0.1) is 17.3 Å². The molecule has 0 radical (unpaired) electrons. The number of carbonyl (C=O) groups excluding carboxylic acids is 2. The molecule has 12 heteroatoms. The minimum Gasteiger partial charge on any atom is -0.499 e. The fourth-order valence-corrected chi connectivity index (χ4v) is 7.23. The Morgan fingerprint density at radius 3 is 2.57 bits per heavy atom. The maximum Gasteiger partial charge on any atom is 0.356 e. The third-order valence-corrected chi connectivity index (χ3v) is 9.06. The van der Waals surface area contributed by atoms with Gasteiger partial charge in [-0.2, -0.15) is 0 Å². The average Bonchev–Trinajstić information content (AvgIpc) is 3.28. The number of aliphatic carboxylic acids is 1. The summed E-state index contributed by atoms with van der Waals surface area (Å²) < 4.78 is 12.3. The van der Waals surface area contributed by atoms with E-state index in [1.54, 1.807) is 24.3 Å². The lowest BCUT2D eigenvalue weighted by Gasteiger charge is -2.46. The number of hydrogen-bond donors (Lipinski definition) is 2. The molecule has 182 valence electrons. The molecule has 1 saturated heterocycles. The Morgan fingerprint density at radius 2 is 1.89 bits per heavy atom. The lowest BCUT2D eigenvalue weighted by Crippen LogP contribution is -2.69. The molecule has 2 heterocycles. The van der Waals surface area contributed by atoms with Gasteiger partial charge in [0.2, 0.25) is 0 Å². The van der Waals surface area contributed by atoms with Crippen molar-refractivity contribution in [1.29, 1.82) is 0 Å². The van der Waals surface area contributed by atoms with E-state index < -0.39 is 29.2 Å². The fraction of sp³-hybridized carbons (Fsp3) is 0.217. The van der Waals surface area contributed by atoms with Crippen molar-refractivity contribution in [3.8, 4) is 5.75 Å². The first-order valence-corrected chi connectivity index (χ1v) is 13.4. The van der Waals surface area contributed by atoms with Crippen LogP contribution in [0.15, 0.2) is 70.4 Å². The molecule has 2 unspecified atom stereocenters. The number of fused-ring (bicyclic) bond motifs is 1. The standard InChI is InChI=1S/C23H21N3O6S3/c1-13(31-2)19(22(29)30)26-20(28)18(25-17(27)12-32-14-8-4-3-5-9-14)21(26)34-35-23-24-15-10-6-7-11-16(15)33-23/h3-11,18,21H,12H2,1-2H3,(H,25,27)(H,29,30)/b19-13-. The maximum absolute atomic E-state index is 13.0. The number of rotatable bonds is 10. The Morgan fingerprint density at radius 1 is 1.17 bits per heavy atom. The number of carboxylic acids is 1. The van der Waals surface area contributed by atoms with E-state index in [0.717, 1.165) is 19.5 Å². The first-order chi connectivity index (χ1) is 16.9. The molecule has 9 nitrogen and oxygen atoms in total. The highest BCUT2D eigenvalue weighted by molar-refractivity contribution is 8.77. The minimum absolute atomic E-state index is 0.0821. The molecule has 1 aliphatic rings. The number of carboxylic acid groups (broad SMARTS) is 1. The van der Waals surface area contributed by atoms with Crippen molar-refractivity contribution in [3.05, 3.63) is 66.1 Å². The van der Waals surface area contributed by atoms with Crippen molar-refractivity contribution in [2.45, 2.75) is 22.7 Å². The normalized spacial score (nSPS) is 18.0. The lowest BCUT2D eigenvalue weighted by molar-refractivity contribution is -0.151. The van der Waals surface area contributed by atoms with Gasteiger partial charge in [0, 0.05) is 0 Å². The van der Waals surface area contributed by atoms with Crippen LogP contribution < -0.4 is 10.1 Å². The second-order valence-electron chi connectivity index (χ2n) is 7.29. The molecule has 0 aliphatic carbocycles. The van der Waals surface area contributed by atoms with E-state index in [9.17, 15) is 19.5 Å². The van der Waals surface area contributed by atoms with E-state index in [1.807, 2.05) is 30.3 Å². The summed E-state index contributed by atoms with van der Waals surface area (Å²) in [4.78, 5) is 43.1. The quantitative estimate of drug-likeness (QED) is 0.175. The number of β-lactam (4-membered cyclic amide) rings is 1. The topological polar surface area (TPSA) is 118 Å². The van der Waals surface area contributed by atoms with Gasteiger partial charge >= 0.3 is 5.97 Å². The van der Waals surface area contributed by atoms with Gasteiger partial charge in [-0.1, -0.05) is 41.1 Å². The Balaban J connectivity index is 1.50. The largest absolute Gasteiger partial charge is 0.499 e. The maximum atomic E-state index is 13.0. The second kappa shape index (κ2) is 11.0. The smallest absolute Gasteiger partial charge is 0.356 e. The van der Waals surface area contributed by atoms with Crippen molar-refractivity contribution < 1.29 is 29.0 Å². The molecule has 4 rings (SSSR count). The van der Waals surface area contributed by atoms with Crippen LogP contribution in [-0.4, -0.2) is 57.9 Å². The monoisotopic (exact) mass is 531 g/mol. The van der Waals surface area contributed by atoms with Crippen LogP contribution in [0.5, 0.6) is 5.75 Å². The van der Waals surface area contributed by atoms with Crippen LogP contribution in [0.1, 0.15) is 6.92 Å². The molecule has 2 amide bonds. The molecule has 0 bridgehead atoms. The number of amides is 2. The first kappa shape index (κ1) is 24.9. The van der Waals surface area contributed by atoms with E-state index in [2.05, 4.69) is 10.3 Å². The van der Waals surface area contributed by atoms with Crippen molar-refractivity contribution in [2.75, 3.05) is 13.7 Å². The summed E-state index contributed by atoms with van der Waals surface area (Å²) in [5, 5.41) is 11.7. The number of benzene rings is 2. The van der Waals surface area contributed by atoms with Crippen molar-refractivity contribution in [3.63, 3.8) is 0 Å². The lowest BCUT2D eigenvalue weighted by atomic mass is 10.1. The molecule has 2 aromatic carbocycles. The highest BCUT2D eigenvalue weighted by Crippen LogP contribution is 2.45. The number of aromatic nitrogens is 1. The van der Waals surface area contributed by atoms with Gasteiger partial charge in [-0.15, -0.1) is 11.3 Å². The highest BCUT2D eigenvalue weighted by Gasteiger charge is 2.53. The number of nitrogens with zero attached hydrogens (tertiary/aromatic N) is 2. The Bertz CT molecular complexity index is 1250. The van der Waals surface area contributed by atoms with Crippen LogP contribution in [0.25, 0.3) is 10.2 Å². The Labute approximate surface area is 212 Å². The average molecular weight is 532 g/mol. The fourth-order valence-electron chi connectivity index (χ4n) is 3.31. The number of para-hydroxylation sites is 2. The number of thiazole rings is 1. The number of nitrogens with one attached hydrogen (secondary N) is 1. The molecule has 0 spiro atoms. The minimum atomic E-state index is -1.30. The third-order valence-electron chi connectivity index (χ3n) is 5.05. The number of ether oxygens (including phenoxy) is 2. The zero-order valence-electron chi connectivity index (χ0n) is 18.7. The summed E-state index contributed by atoms with van der Waals surface area (Å²) in [6.07, 6.45) is 0. The summed E-state index contributed by atoms with van der Waals surface area (Å²) in [7, 11) is 3.89. The number of likely N-dealkylation sites (tertiary alicyclic amines) is 1. The number of methoxy groups -OCH3 is 1. The molecule has 1 fully saturated rings. The molecule has 1 aliphatic heterocycles. The molecule has 1 aromatic heterocycles. The zero-order chi connectivity index (χ0) is 24.9. The summed E-state index contributed by atoms with van der Waals surface area (Å²) in [6, 6.07) is 15.6. The van der Waals surface area contributed by atoms with Gasteiger partial charge in [-0.25, -0.2) is 9.78 Å². The predicted octanol–water partition coefficient (Wildman–Crippen LogP) is 3.73. The third kappa shape index (κ3) is 5.55. The van der Waals surface area contributed by atoms with Gasteiger partial charge < -0.3 is 19.9 Å². The Kier molecular flexibility index (Phi) is 7.83. The van der Waals surface area contributed by atoms with Crippen LogP contribution in [-0.2, 0) is 19.1 Å². The molecule has 3 aromatic rings. The SMILES string of the molecule is CO/C(C)=C(/C(=O)O)N1C(=O)C(NC(=O)COc2ccccc2)C1SSc1nc2ccccc2s1. The highest BCUT2D eigenvalue weighted by atomic mass is 33.1. The molecule has 2 atom stereocenters. The van der Waals surface area contributed by atoms with Crippen LogP contribution in [0.3, 0.4) is 0 Å².